The van der Waals surface area contributed by atoms with Crippen molar-refractivity contribution in [2.45, 2.75) is 39.0 Å². The number of fused-ring (bicyclic) bond motifs is 1. The minimum Gasteiger partial charge on any atom is -0.490 e. The molecule has 1 amide bonds. The van der Waals surface area contributed by atoms with Crippen LogP contribution in [0.3, 0.4) is 0 Å². The number of anilines is 2. The third-order valence-electron chi connectivity index (χ3n) is 4.83. The molecule has 1 heterocycles. The quantitative estimate of drug-likeness (QED) is 0.635. The topological polar surface area (TPSA) is 84.9 Å². The van der Waals surface area contributed by atoms with Crippen LogP contribution >= 0.6 is 0 Å². The molecule has 7 nitrogen and oxygen atoms in total. The maximum absolute atomic E-state index is 13.0. The molecular weight excluding hydrogens is 461 g/mol. The predicted molar refractivity (Wildman–Crippen MR) is 117 cm³/mol. The van der Waals surface area contributed by atoms with Gasteiger partial charge in [0.2, 0.25) is 5.91 Å². The second-order valence-corrected chi connectivity index (χ2v) is 10.5. The molecule has 0 radical (unpaired) electrons. The number of sulfonamides is 1. The number of amides is 1. The maximum Gasteiger partial charge on any atom is 0.573 e. The lowest BCUT2D eigenvalue weighted by atomic mass is 9.92. The summed E-state index contributed by atoms with van der Waals surface area (Å²) in [6, 6.07) is 8.44. The molecule has 0 aliphatic carbocycles. The van der Waals surface area contributed by atoms with E-state index in [4.69, 9.17) is 4.74 Å². The van der Waals surface area contributed by atoms with Crippen molar-refractivity contribution in [3.63, 3.8) is 0 Å². The number of benzene rings is 2. The Morgan fingerprint density at radius 2 is 1.79 bits per heavy atom. The minimum atomic E-state index is -4.88. The van der Waals surface area contributed by atoms with Crippen molar-refractivity contribution < 1.29 is 35.9 Å². The lowest BCUT2D eigenvalue weighted by Gasteiger charge is -2.29. The first-order valence-corrected chi connectivity index (χ1v) is 11.6. The normalized spacial score (nSPS) is 16.1. The highest BCUT2D eigenvalue weighted by atomic mass is 32.2. The van der Waals surface area contributed by atoms with Gasteiger partial charge in [0.25, 0.3) is 10.0 Å². The van der Waals surface area contributed by atoms with Crippen LogP contribution in [-0.4, -0.2) is 33.8 Å². The highest BCUT2D eigenvalue weighted by Gasteiger charge is 2.38. The SMILES string of the molecule is CC(C)CN1C(=O)C(C)(C)COc2cc(NS(=O)(=O)c3ccc(OC(F)(F)F)cc3)ccc21. The Morgan fingerprint density at radius 1 is 1.15 bits per heavy atom. The van der Waals surface area contributed by atoms with Crippen LogP contribution in [0.5, 0.6) is 11.5 Å². The van der Waals surface area contributed by atoms with Crippen LogP contribution < -0.4 is 19.1 Å². The van der Waals surface area contributed by atoms with Crippen LogP contribution in [0, 0.1) is 11.3 Å². The van der Waals surface area contributed by atoms with Gasteiger partial charge in [-0.2, -0.15) is 0 Å². The molecule has 0 spiro atoms. The van der Waals surface area contributed by atoms with Crippen LogP contribution in [-0.2, 0) is 14.8 Å². The molecule has 0 saturated heterocycles. The summed E-state index contributed by atoms with van der Waals surface area (Å²) in [6.45, 7) is 8.12. The van der Waals surface area contributed by atoms with E-state index < -0.39 is 27.6 Å². The molecule has 2 aromatic rings. The van der Waals surface area contributed by atoms with Gasteiger partial charge in [0.1, 0.15) is 18.1 Å². The van der Waals surface area contributed by atoms with Crippen LogP contribution in [0.4, 0.5) is 24.5 Å². The molecule has 0 aromatic heterocycles. The summed E-state index contributed by atoms with van der Waals surface area (Å²) in [7, 11) is -4.10. The number of hydrogen-bond acceptors (Lipinski definition) is 5. The molecule has 0 bridgehead atoms. The third kappa shape index (κ3) is 5.89. The minimum absolute atomic E-state index is 0.0931. The van der Waals surface area contributed by atoms with E-state index in [1.807, 2.05) is 13.8 Å². The van der Waals surface area contributed by atoms with Crippen molar-refractivity contribution in [2.24, 2.45) is 11.3 Å². The summed E-state index contributed by atoms with van der Waals surface area (Å²) in [6.07, 6.45) is -4.88. The van der Waals surface area contributed by atoms with Crippen molar-refractivity contribution >= 4 is 27.3 Å². The molecule has 0 fully saturated rings. The first-order valence-electron chi connectivity index (χ1n) is 10.2. The van der Waals surface area contributed by atoms with Crippen LogP contribution in [0.25, 0.3) is 0 Å². The average molecular weight is 487 g/mol. The van der Waals surface area contributed by atoms with Gasteiger partial charge >= 0.3 is 6.36 Å². The number of nitrogens with zero attached hydrogens (tertiary/aromatic N) is 1. The molecule has 11 heteroatoms. The molecule has 33 heavy (non-hydrogen) atoms. The zero-order chi connectivity index (χ0) is 24.6. The highest BCUT2D eigenvalue weighted by Crippen LogP contribution is 2.39. The van der Waals surface area contributed by atoms with E-state index in [9.17, 15) is 26.4 Å². The van der Waals surface area contributed by atoms with Gasteiger partial charge in [-0.15, -0.1) is 13.2 Å². The van der Waals surface area contributed by atoms with E-state index in [0.29, 0.717) is 18.0 Å². The van der Waals surface area contributed by atoms with Gasteiger partial charge in [0, 0.05) is 12.6 Å². The Balaban J connectivity index is 1.87. The Hall–Kier alpha value is -2.95. The molecule has 0 atom stereocenters. The lowest BCUT2D eigenvalue weighted by Crippen LogP contribution is -2.43. The lowest BCUT2D eigenvalue weighted by molar-refractivity contribution is -0.274. The van der Waals surface area contributed by atoms with Gasteiger partial charge < -0.3 is 14.4 Å². The number of carbonyl (C=O) groups excluding carboxylic acids is 1. The van der Waals surface area contributed by atoms with Crippen molar-refractivity contribution in [2.75, 3.05) is 22.8 Å². The number of rotatable bonds is 6. The smallest absolute Gasteiger partial charge is 0.490 e. The zero-order valence-corrected chi connectivity index (χ0v) is 19.4. The largest absolute Gasteiger partial charge is 0.573 e. The summed E-state index contributed by atoms with van der Waals surface area (Å²) in [5.74, 6) is -0.0799. The van der Waals surface area contributed by atoms with Crippen molar-refractivity contribution in [1.82, 2.24) is 0 Å². The molecule has 1 aliphatic heterocycles. The van der Waals surface area contributed by atoms with Gasteiger partial charge in [-0.3, -0.25) is 9.52 Å². The highest BCUT2D eigenvalue weighted by molar-refractivity contribution is 7.92. The van der Waals surface area contributed by atoms with Crippen molar-refractivity contribution in [3.05, 3.63) is 42.5 Å². The van der Waals surface area contributed by atoms with Crippen molar-refractivity contribution in [3.8, 4) is 11.5 Å². The molecule has 2 aromatic carbocycles. The Bertz CT molecular complexity index is 1130. The molecule has 0 saturated carbocycles. The van der Waals surface area contributed by atoms with Gasteiger partial charge in [-0.05, 0) is 56.2 Å². The summed E-state index contributed by atoms with van der Waals surface area (Å²) in [5, 5.41) is 0. The molecule has 1 aliphatic rings. The molecule has 180 valence electrons. The van der Waals surface area contributed by atoms with E-state index in [1.54, 1.807) is 24.8 Å². The van der Waals surface area contributed by atoms with Gasteiger partial charge in [0.05, 0.1) is 21.7 Å². The van der Waals surface area contributed by atoms with Gasteiger partial charge in [-0.25, -0.2) is 8.42 Å². The number of alkyl halides is 3. The van der Waals surface area contributed by atoms with E-state index in [0.717, 1.165) is 24.3 Å². The second-order valence-electron chi connectivity index (χ2n) is 8.79. The summed E-state index contributed by atoms with van der Waals surface area (Å²) < 4.78 is 74.4. The first-order chi connectivity index (χ1) is 15.2. The Labute approximate surface area is 190 Å². The van der Waals surface area contributed by atoms with Crippen LogP contribution in [0.15, 0.2) is 47.4 Å². The summed E-state index contributed by atoms with van der Waals surface area (Å²) in [5.41, 5.74) is -0.0507. The third-order valence-corrected chi connectivity index (χ3v) is 6.23. The fourth-order valence-electron chi connectivity index (χ4n) is 3.29. The number of halogens is 3. The number of carbonyl (C=O) groups is 1. The molecular formula is C22H25F3N2O5S. The first kappa shape index (κ1) is 24.7. The van der Waals surface area contributed by atoms with Gasteiger partial charge in [-0.1, -0.05) is 13.8 Å². The fourth-order valence-corrected chi connectivity index (χ4v) is 4.34. The van der Waals surface area contributed by atoms with Crippen LogP contribution in [0.2, 0.25) is 0 Å². The maximum atomic E-state index is 13.0. The van der Waals surface area contributed by atoms with Crippen LogP contribution in [0.1, 0.15) is 27.7 Å². The second kappa shape index (κ2) is 8.77. The number of ether oxygens (including phenoxy) is 2. The number of nitrogens with one attached hydrogen (secondary N) is 1. The van der Waals surface area contributed by atoms with E-state index >= 15 is 0 Å². The van der Waals surface area contributed by atoms with Crippen molar-refractivity contribution in [1.29, 1.82) is 0 Å². The Morgan fingerprint density at radius 3 is 2.36 bits per heavy atom. The molecule has 0 unspecified atom stereocenters. The molecule has 1 N–H and O–H groups in total. The zero-order valence-electron chi connectivity index (χ0n) is 18.6. The predicted octanol–water partition coefficient (Wildman–Crippen LogP) is 4.79. The summed E-state index contributed by atoms with van der Waals surface area (Å²) in [4.78, 5) is 14.4. The van der Waals surface area contributed by atoms with E-state index in [-0.39, 0.29) is 29.0 Å². The summed E-state index contributed by atoms with van der Waals surface area (Å²) >= 11 is 0. The monoisotopic (exact) mass is 486 g/mol. The van der Waals surface area contributed by atoms with E-state index in [1.165, 1.54) is 12.1 Å². The number of hydrogen-bond donors (Lipinski definition) is 1. The van der Waals surface area contributed by atoms with E-state index in [2.05, 4.69) is 9.46 Å². The Kier molecular flexibility index (Phi) is 6.56. The van der Waals surface area contributed by atoms with Gasteiger partial charge in [0.15, 0.2) is 0 Å². The molecule has 3 rings (SSSR count). The fraction of sp³-hybridized carbons (Fsp3) is 0.409. The standard InChI is InChI=1S/C22H25F3N2O5S/c1-14(2)12-27-18-10-5-15(11-19(18)31-13-21(3,4)20(27)28)26-33(29,30)17-8-6-16(7-9-17)32-22(23,24)25/h5-11,14,26H,12-13H2,1-4H3. The average Bonchev–Trinajstić information content (AvgIpc) is 2.77.